The van der Waals surface area contributed by atoms with Gasteiger partial charge in [0.25, 0.3) is 0 Å². The van der Waals surface area contributed by atoms with Gasteiger partial charge >= 0.3 is 0 Å². The van der Waals surface area contributed by atoms with Crippen LogP contribution in [0.15, 0.2) is 12.1 Å². The van der Waals surface area contributed by atoms with Crippen LogP contribution in [0.5, 0.6) is 0 Å². The topological polar surface area (TPSA) is 0 Å². The van der Waals surface area contributed by atoms with E-state index in [1.165, 1.54) is 0 Å². The predicted molar refractivity (Wildman–Crippen MR) is 65.6 cm³/mol. The zero-order valence-electron chi connectivity index (χ0n) is 11.2. The van der Waals surface area contributed by atoms with E-state index in [1.807, 2.05) is 0 Å². The molecule has 0 heterocycles. The van der Waals surface area contributed by atoms with E-state index in [-0.39, 0.29) is 25.0 Å². The first-order valence-corrected chi connectivity index (χ1v) is 6.29. The van der Waals surface area contributed by atoms with Gasteiger partial charge in [0.1, 0.15) is 0 Å². The Balaban J connectivity index is 2.77. The summed E-state index contributed by atoms with van der Waals surface area (Å²) in [4.78, 5) is 0. The highest BCUT2D eigenvalue weighted by Gasteiger charge is 2.27. The molecule has 0 unspecified atom stereocenters. The Labute approximate surface area is 121 Å². The molecule has 0 amide bonds. The summed E-state index contributed by atoms with van der Waals surface area (Å²) in [6.07, 6.45) is -0.0240. The van der Waals surface area contributed by atoms with Gasteiger partial charge < -0.3 is 0 Å². The quantitative estimate of drug-likeness (QED) is 0.410. The van der Waals surface area contributed by atoms with E-state index in [2.05, 4.69) is 0 Å². The minimum Gasteiger partial charge on any atom is -0.204 e. The number of halogens is 7. The summed E-state index contributed by atoms with van der Waals surface area (Å²) < 4.78 is 94.7. The van der Waals surface area contributed by atoms with Crippen molar-refractivity contribution in [2.75, 3.05) is 0 Å². The Morgan fingerprint density at radius 1 is 0.682 bits per heavy atom. The molecule has 0 aliphatic carbocycles. The van der Waals surface area contributed by atoms with Gasteiger partial charge in [-0.2, -0.15) is 0 Å². The second kappa shape index (κ2) is 5.98. The summed E-state index contributed by atoms with van der Waals surface area (Å²) in [7, 11) is 0. The van der Waals surface area contributed by atoms with Crippen molar-refractivity contribution in [1.82, 2.24) is 0 Å². The molecule has 0 atom stereocenters. The molecule has 0 bridgehead atoms. The monoisotopic (exact) mass is 322 g/mol. The van der Waals surface area contributed by atoms with Crippen LogP contribution in [0.2, 0.25) is 0 Å². The van der Waals surface area contributed by atoms with Crippen molar-refractivity contribution in [3.05, 3.63) is 58.4 Å². The van der Waals surface area contributed by atoms with Crippen LogP contribution in [0.4, 0.5) is 30.7 Å². The van der Waals surface area contributed by atoms with Gasteiger partial charge in [0.05, 0.1) is 5.56 Å². The summed E-state index contributed by atoms with van der Waals surface area (Å²) in [5.74, 6) is -12.2. The van der Waals surface area contributed by atoms with Gasteiger partial charge in [-0.25, -0.2) is 30.7 Å². The standard InChI is InChI=1S/C15H9F7/c1-2-3-7-11(18)14(21)10(15(22)12(7)19)6-4-8(16)13(20)9(17)5-6/h4-5H,2-3H2,1H3. The third-order valence-electron chi connectivity index (χ3n) is 3.13. The van der Waals surface area contributed by atoms with Crippen LogP contribution >= 0.6 is 0 Å². The summed E-state index contributed by atoms with van der Waals surface area (Å²) in [6.45, 7) is 1.55. The molecule has 118 valence electrons. The van der Waals surface area contributed by atoms with E-state index in [4.69, 9.17) is 0 Å². The number of hydrogen-bond acceptors (Lipinski definition) is 0. The van der Waals surface area contributed by atoms with Crippen molar-refractivity contribution in [2.24, 2.45) is 0 Å². The minimum absolute atomic E-state index is 0.228. The second-order valence-electron chi connectivity index (χ2n) is 4.61. The Morgan fingerprint density at radius 2 is 1.14 bits per heavy atom. The minimum atomic E-state index is -1.85. The van der Waals surface area contributed by atoms with E-state index >= 15 is 0 Å². The van der Waals surface area contributed by atoms with Gasteiger partial charge in [-0.3, -0.25) is 0 Å². The predicted octanol–water partition coefficient (Wildman–Crippen LogP) is 5.28. The molecule has 0 nitrogen and oxygen atoms in total. The highest BCUT2D eigenvalue weighted by atomic mass is 19.2. The Morgan fingerprint density at radius 3 is 1.55 bits per heavy atom. The molecule has 0 radical (unpaired) electrons. The fourth-order valence-electron chi connectivity index (χ4n) is 2.10. The SMILES string of the molecule is CCCc1c(F)c(F)c(-c2cc(F)c(F)c(F)c2)c(F)c1F. The smallest absolute Gasteiger partial charge is 0.194 e. The molecule has 0 fully saturated rings. The van der Waals surface area contributed by atoms with Crippen LogP contribution in [0.25, 0.3) is 11.1 Å². The molecule has 0 aliphatic heterocycles. The van der Waals surface area contributed by atoms with Crippen LogP contribution < -0.4 is 0 Å². The third kappa shape index (κ3) is 2.55. The number of hydrogen-bond donors (Lipinski definition) is 0. The summed E-state index contributed by atoms with van der Waals surface area (Å²) >= 11 is 0. The van der Waals surface area contributed by atoms with E-state index in [0.29, 0.717) is 0 Å². The average molecular weight is 322 g/mol. The van der Waals surface area contributed by atoms with Crippen LogP contribution in [-0.2, 0) is 6.42 Å². The van der Waals surface area contributed by atoms with E-state index < -0.39 is 57.4 Å². The largest absolute Gasteiger partial charge is 0.204 e. The lowest BCUT2D eigenvalue weighted by atomic mass is 9.98. The fraction of sp³-hybridized carbons (Fsp3) is 0.200. The average Bonchev–Trinajstić information content (AvgIpc) is 2.47. The molecule has 0 aliphatic rings. The molecule has 2 aromatic carbocycles. The Bertz CT molecular complexity index is 685. The number of rotatable bonds is 3. The molecule has 0 N–H and O–H groups in total. The van der Waals surface area contributed by atoms with Crippen LogP contribution in [0, 0.1) is 40.7 Å². The van der Waals surface area contributed by atoms with Gasteiger partial charge in [0.15, 0.2) is 40.7 Å². The summed E-state index contributed by atoms with van der Waals surface area (Å²) in [5.41, 5.74) is -2.91. The first-order valence-electron chi connectivity index (χ1n) is 6.29. The second-order valence-corrected chi connectivity index (χ2v) is 4.61. The molecular weight excluding hydrogens is 313 g/mol. The molecule has 22 heavy (non-hydrogen) atoms. The van der Waals surface area contributed by atoms with Crippen LogP contribution in [0.1, 0.15) is 18.9 Å². The molecule has 0 aromatic heterocycles. The van der Waals surface area contributed by atoms with Crippen LogP contribution in [-0.4, -0.2) is 0 Å². The molecule has 0 spiro atoms. The fourth-order valence-corrected chi connectivity index (χ4v) is 2.10. The van der Waals surface area contributed by atoms with E-state index in [9.17, 15) is 30.7 Å². The van der Waals surface area contributed by atoms with Gasteiger partial charge in [-0.1, -0.05) is 13.3 Å². The lowest BCUT2D eigenvalue weighted by Gasteiger charge is -2.12. The molecule has 2 aromatic rings. The zero-order chi connectivity index (χ0) is 16.6. The summed E-state index contributed by atoms with van der Waals surface area (Å²) in [5, 5.41) is 0. The zero-order valence-corrected chi connectivity index (χ0v) is 11.2. The highest BCUT2D eigenvalue weighted by Crippen LogP contribution is 2.33. The van der Waals surface area contributed by atoms with Gasteiger partial charge in [0.2, 0.25) is 0 Å². The lowest BCUT2D eigenvalue weighted by Crippen LogP contribution is -2.07. The lowest BCUT2D eigenvalue weighted by molar-refractivity contribution is 0.438. The first-order chi connectivity index (χ1) is 10.3. The van der Waals surface area contributed by atoms with Crippen LogP contribution in [0.3, 0.4) is 0 Å². The van der Waals surface area contributed by atoms with Gasteiger partial charge in [-0.15, -0.1) is 0 Å². The first kappa shape index (κ1) is 16.3. The maximum Gasteiger partial charge on any atom is 0.194 e. The van der Waals surface area contributed by atoms with Crippen molar-refractivity contribution in [2.45, 2.75) is 19.8 Å². The summed E-state index contributed by atoms with van der Waals surface area (Å²) in [6, 6.07) is 0.524. The molecule has 2 rings (SSSR count). The molecular formula is C15H9F7. The molecule has 7 heteroatoms. The Kier molecular flexibility index (Phi) is 4.44. The maximum atomic E-state index is 14.0. The number of benzene rings is 2. The van der Waals surface area contributed by atoms with Crippen molar-refractivity contribution >= 4 is 0 Å². The van der Waals surface area contributed by atoms with Crippen molar-refractivity contribution < 1.29 is 30.7 Å². The van der Waals surface area contributed by atoms with Crippen molar-refractivity contribution in [1.29, 1.82) is 0 Å². The van der Waals surface area contributed by atoms with Crippen molar-refractivity contribution in [3.63, 3.8) is 0 Å². The normalized spacial score (nSPS) is 11.1. The highest BCUT2D eigenvalue weighted by molar-refractivity contribution is 5.66. The Hall–Kier alpha value is -2.05. The molecule has 0 saturated heterocycles. The molecule has 0 saturated carbocycles. The van der Waals surface area contributed by atoms with Gasteiger partial charge in [0, 0.05) is 5.56 Å². The van der Waals surface area contributed by atoms with E-state index in [1.54, 1.807) is 6.92 Å². The van der Waals surface area contributed by atoms with Gasteiger partial charge in [-0.05, 0) is 24.1 Å². The van der Waals surface area contributed by atoms with E-state index in [0.717, 1.165) is 0 Å². The third-order valence-corrected chi connectivity index (χ3v) is 3.13. The van der Waals surface area contributed by atoms with Crippen molar-refractivity contribution in [3.8, 4) is 11.1 Å². The maximum absolute atomic E-state index is 14.0.